The van der Waals surface area contributed by atoms with Crippen molar-refractivity contribution >= 4 is 5.57 Å². The summed E-state index contributed by atoms with van der Waals surface area (Å²) in [6, 6.07) is 5.62. The Morgan fingerprint density at radius 3 is 2.75 bits per heavy atom. The molecule has 0 radical (unpaired) electrons. The van der Waals surface area contributed by atoms with Gasteiger partial charge in [-0.25, -0.2) is 4.39 Å². The van der Waals surface area contributed by atoms with Gasteiger partial charge in [0.15, 0.2) is 0 Å². The Morgan fingerprint density at radius 1 is 1.31 bits per heavy atom. The smallest absolute Gasteiger partial charge is 0.128 e. The van der Waals surface area contributed by atoms with Crippen molar-refractivity contribution in [3.63, 3.8) is 0 Å². The van der Waals surface area contributed by atoms with Crippen molar-refractivity contribution in [1.29, 1.82) is 0 Å². The quantitative estimate of drug-likeness (QED) is 0.725. The predicted octanol–water partition coefficient (Wildman–Crippen LogP) is 4.14. The van der Waals surface area contributed by atoms with Crippen LogP contribution in [0.25, 0.3) is 5.57 Å². The van der Waals surface area contributed by atoms with E-state index in [1.165, 1.54) is 5.57 Å². The fourth-order valence-electron chi connectivity index (χ4n) is 2.11. The Hall–Kier alpha value is -1.44. The van der Waals surface area contributed by atoms with Gasteiger partial charge in [-0.3, -0.25) is 4.98 Å². The van der Waals surface area contributed by atoms with Crippen LogP contribution >= 0.6 is 0 Å². The molecule has 84 valence electrons. The van der Waals surface area contributed by atoms with Crippen LogP contribution < -0.4 is 0 Å². The van der Waals surface area contributed by atoms with Gasteiger partial charge in [0.05, 0.1) is 5.69 Å². The average molecular weight is 217 g/mol. The molecule has 1 heterocycles. The van der Waals surface area contributed by atoms with Crippen molar-refractivity contribution < 1.29 is 4.39 Å². The monoisotopic (exact) mass is 217 g/mol. The minimum absolute atomic E-state index is 0.117. The molecule has 1 aromatic rings. The molecular weight excluding hydrogens is 201 g/mol. The van der Waals surface area contributed by atoms with Gasteiger partial charge >= 0.3 is 0 Å². The molecular formula is C14H16FN. The first kappa shape index (κ1) is 11.1. The van der Waals surface area contributed by atoms with E-state index in [1.807, 2.05) is 18.2 Å². The van der Waals surface area contributed by atoms with Gasteiger partial charge in [-0.2, -0.15) is 0 Å². The molecule has 0 atom stereocenters. The first-order valence-electron chi connectivity index (χ1n) is 5.70. The molecule has 0 unspecified atom stereocenters. The minimum atomic E-state index is -0.117. The van der Waals surface area contributed by atoms with E-state index in [-0.39, 0.29) is 5.83 Å². The Balaban J connectivity index is 2.53. The molecule has 1 nitrogen and oxygen atoms in total. The Morgan fingerprint density at radius 2 is 2.12 bits per heavy atom. The maximum Gasteiger partial charge on any atom is 0.128 e. The maximum atomic E-state index is 13.9. The van der Waals surface area contributed by atoms with Crippen LogP contribution in [0.15, 0.2) is 41.9 Å². The summed E-state index contributed by atoms with van der Waals surface area (Å²) in [4.78, 5) is 4.25. The highest BCUT2D eigenvalue weighted by molar-refractivity contribution is 5.78. The van der Waals surface area contributed by atoms with Crippen LogP contribution in [0.4, 0.5) is 4.39 Å². The molecule has 0 fully saturated rings. The number of rotatable bonds is 2. The molecule has 0 amide bonds. The molecule has 1 aromatic heterocycles. The third-order valence-corrected chi connectivity index (χ3v) is 2.92. The van der Waals surface area contributed by atoms with E-state index in [0.29, 0.717) is 11.5 Å². The zero-order chi connectivity index (χ0) is 11.5. The third-order valence-electron chi connectivity index (χ3n) is 2.92. The fourth-order valence-corrected chi connectivity index (χ4v) is 2.11. The van der Waals surface area contributed by atoms with Gasteiger partial charge in [-0.15, -0.1) is 0 Å². The number of pyridine rings is 1. The standard InChI is InChI=1S/C14H16FN/c1-10(2)11-6-5-7-12(15)14(11)13-8-3-4-9-16-13/h3-4,7-10H,5-6H2,1-2H3. The zero-order valence-corrected chi connectivity index (χ0v) is 9.70. The van der Waals surface area contributed by atoms with E-state index in [9.17, 15) is 4.39 Å². The SMILES string of the molecule is CC(C)C1=C(c2ccccn2)C(F)=CCC1. The van der Waals surface area contributed by atoms with Crippen LogP contribution in [0, 0.1) is 5.92 Å². The lowest BCUT2D eigenvalue weighted by Crippen LogP contribution is -2.05. The van der Waals surface area contributed by atoms with E-state index in [1.54, 1.807) is 12.3 Å². The lowest BCUT2D eigenvalue weighted by atomic mass is 9.87. The van der Waals surface area contributed by atoms with Crippen LogP contribution in [-0.4, -0.2) is 4.98 Å². The second-order valence-electron chi connectivity index (χ2n) is 4.36. The Kier molecular flexibility index (Phi) is 3.18. The number of nitrogens with zero attached hydrogens (tertiary/aromatic N) is 1. The summed E-state index contributed by atoms with van der Waals surface area (Å²) in [5.41, 5.74) is 2.64. The lowest BCUT2D eigenvalue weighted by molar-refractivity contribution is 0.632. The van der Waals surface area contributed by atoms with Crippen LogP contribution in [0.5, 0.6) is 0 Å². The van der Waals surface area contributed by atoms with Crippen molar-refractivity contribution in [3.05, 3.63) is 47.6 Å². The second kappa shape index (κ2) is 4.60. The van der Waals surface area contributed by atoms with Gasteiger partial charge in [-0.05, 0) is 37.0 Å². The van der Waals surface area contributed by atoms with Gasteiger partial charge in [-0.1, -0.05) is 25.5 Å². The predicted molar refractivity (Wildman–Crippen MR) is 64.4 cm³/mol. The summed E-state index contributed by atoms with van der Waals surface area (Å²) in [5.74, 6) is 0.255. The van der Waals surface area contributed by atoms with Crippen molar-refractivity contribution in [2.75, 3.05) is 0 Å². The topological polar surface area (TPSA) is 12.9 Å². The summed E-state index contributed by atoms with van der Waals surface area (Å²) in [6.07, 6.45) is 5.12. The number of aromatic nitrogens is 1. The largest absolute Gasteiger partial charge is 0.256 e. The highest BCUT2D eigenvalue weighted by atomic mass is 19.1. The van der Waals surface area contributed by atoms with E-state index in [4.69, 9.17) is 0 Å². The molecule has 2 rings (SSSR count). The van der Waals surface area contributed by atoms with Gasteiger partial charge in [0, 0.05) is 11.8 Å². The fraction of sp³-hybridized carbons (Fsp3) is 0.357. The van der Waals surface area contributed by atoms with E-state index >= 15 is 0 Å². The molecule has 0 spiro atoms. The third kappa shape index (κ3) is 2.06. The highest BCUT2D eigenvalue weighted by Crippen LogP contribution is 2.36. The molecule has 0 aliphatic heterocycles. The van der Waals surface area contributed by atoms with E-state index in [0.717, 1.165) is 18.5 Å². The number of allylic oxidation sites excluding steroid dienone is 4. The minimum Gasteiger partial charge on any atom is -0.256 e. The second-order valence-corrected chi connectivity index (χ2v) is 4.36. The molecule has 1 aliphatic rings. The number of halogens is 1. The van der Waals surface area contributed by atoms with Crippen molar-refractivity contribution in [3.8, 4) is 0 Å². The van der Waals surface area contributed by atoms with Crippen LogP contribution in [0.1, 0.15) is 32.4 Å². The van der Waals surface area contributed by atoms with Crippen molar-refractivity contribution in [1.82, 2.24) is 4.98 Å². The molecule has 0 aromatic carbocycles. The summed E-state index contributed by atoms with van der Waals surface area (Å²) < 4.78 is 13.9. The molecule has 2 heteroatoms. The molecule has 1 aliphatic carbocycles. The average Bonchev–Trinajstić information content (AvgIpc) is 2.29. The van der Waals surface area contributed by atoms with Crippen LogP contribution in [0.2, 0.25) is 0 Å². The van der Waals surface area contributed by atoms with Gasteiger partial charge in [0.1, 0.15) is 5.83 Å². The summed E-state index contributed by atoms with van der Waals surface area (Å²) in [5, 5.41) is 0. The lowest BCUT2D eigenvalue weighted by Gasteiger charge is -2.20. The molecule has 0 bridgehead atoms. The summed E-state index contributed by atoms with van der Waals surface area (Å²) in [7, 11) is 0. The van der Waals surface area contributed by atoms with Crippen LogP contribution in [0.3, 0.4) is 0 Å². The van der Waals surface area contributed by atoms with Gasteiger partial charge in [0.2, 0.25) is 0 Å². The normalized spacial score (nSPS) is 16.6. The molecule has 0 N–H and O–H groups in total. The van der Waals surface area contributed by atoms with Gasteiger partial charge in [0.25, 0.3) is 0 Å². The zero-order valence-electron chi connectivity index (χ0n) is 9.70. The summed E-state index contributed by atoms with van der Waals surface area (Å²) in [6.45, 7) is 4.22. The maximum absolute atomic E-state index is 13.9. The molecule has 16 heavy (non-hydrogen) atoms. The first-order chi connectivity index (χ1) is 7.70. The van der Waals surface area contributed by atoms with E-state index in [2.05, 4.69) is 18.8 Å². The van der Waals surface area contributed by atoms with E-state index < -0.39 is 0 Å². The highest BCUT2D eigenvalue weighted by Gasteiger charge is 2.20. The Bertz CT molecular complexity index is 429. The molecule has 0 saturated heterocycles. The van der Waals surface area contributed by atoms with Gasteiger partial charge < -0.3 is 0 Å². The van der Waals surface area contributed by atoms with Crippen molar-refractivity contribution in [2.24, 2.45) is 5.92 Å². The number of hydrogen-bond donors (Lipinski definition) is 0. The number of hydrogen-bond acceptors (Lipinski definition) is 1. The van der Waals surface area contributed by atoms with Crippen LogP contribution in [-0.2, 0) is 0 Å². The molecule has 0 saturated carbocycles. The first-order valence-corrected chi connectivity index (χ1v) is 5.70. The Labute approximate surface area is 95.7 Å². The summed E-state index contributed by atoms with van der Waals surface area (Å²) >= 11 is 0. The van der Waals surface area contributed by atoms with Crippen molar-refractivity contribution in [2.45, 2.75) is 26.7 Å².